The van der Waals surface area contributed by atoms with Crippen molar-refractivity contribution in [2.24, 2.45) is 17.6 Å². The van der Waals surface area contributed by atoms with Crippen LogP contribution in [-0.2, 0) is 54.3 Å². The van der Waals surface area contributed by atoms with E-state index in [1.165, 1.54) is 26.1 Å². The Morgan fingerprint density at radius 3 is 2.09 bits per heavy atom. The minimum atomic E-state index is -1.78. The van der Waals surface area contributed by atoms with Gasteiger partial charge in [0.15, 0.2) is 0 Å². The van der Waals surface area contributed by atoms with E-state index >= 15 is 0 Å². The second-order valence-corrected chi connectivity index (χ2v) is 19.0. The van der Waals surface area contributed by atoms with Crippen LogP contribution in [0.15, 0.2) is 24.3 Å². The molecule has 9 unspecified atom stereocenters. The number of carboxylic acids is 1. The molecule has 7 amide bonds. The molecule has 2 bridgehead atoms. The van der Waals surface area contributed by atoms with Crippen molar-refractivity contribution in [3.63, 3.8) is 0 Å². The lowest BCUT2D eigenvalue weighted by molar-refractivity contribution is -0.166. The molecule has 1 aromatic carbocycles. The van der Waals surface area contributed by atoms with Crippen LogP contribution in [0.5, 0.6) is 5.75 Å². The van der Waals surface area contributed by atoms with Gasteiger partial charge in [0.1, 0.15) is 60.4 Å². The lowest BCUT2D eigenvalue weighted by atomic mass is 9.94. The molecule has 0 aromatic heterocycles. The molecule has 0 radical (unpaired) electrons. The van der Waals surface area contributed by atoms with E-state index in [0.29, 0.717) is 24.8 Å². The Bertz CT molecular complexity index is 1930. The third-order valence-electron chi connectivity index (χ3n) is 12.2. The summed E-state index contributed by atoms with van der Waals surface area (Å²) in [4.78, 5) is 128. The number of rotatable bonds is 20. The van der Waals surface area contributed by atoms with Gasteiger partial charge in [0.05, 0.1) is 0 Å². The predicted molar refractivity (Wildman–Crippen MR) is 252 cm³/mol. The average molecular weight is 973 g/mol. The molecule has 386 valence electrons. The van der Waals surface area contributed by atoms with Gasteiger partial charge in [-0.1, -0.05) is 59.6 Å². The number of phenols is 1. The van der Waals surface area contributed by atoms with Crippen molar-refractivity contribution in [2.45, 2.75) is 186 Å². The van der Waals surface area contributed by atoms with Gasteiger partial charge in [-0.05, 0) is 101 Å². The number of hydrogen-bond donors (Lipinski definition) is 9. The fourth-order valence-corrected chi connectivity index (χ4v) is 8.40. The van der Waals surface area contributed by atoms with E-state index in [4.69, 9.17) is 10.5 Å². The quantitative estimate of drug-likeness (QED) is 0.0654. The summed E-state index contributed by atoms with van der Waals surface area (Å²) in [6, 6.07) is -4.01. The molecular weight excluding hydrogens is 897 g/mol. The molecule has 0 saturated carbocycles. The lowest BCUT2D eigenvalue weighted by Gasteiger charge is -2.43. The number of likely N-dealkylation sites (N-methyl/N-ethyl adjacent to an activating group) is 1. The lowest BCUT2D eigenvalue weighted by Crippen LogP contribution is -2.65. The molecule has 10 N–H and O–H groups in total. The second-order valence-electron chi connectivity index (χ2n) is 19.0. The number of carbonyl (C=O) groups is 9. The Morgan fingerprint density at radius 1 is 0.826 bits per heavy atom. The number of aliphatic hydroxyl groups is 1. The summed E-state index contributed by atoms with van der Waals surface area (Å²) in [7, 11) is 1.37. The minimum Gasteiger partial charge on any atom is -0.508 e. The van der Waals surface area contributed by atoms with Crippen LogP contribution in [0.4, 0.5) is 0 Å². The van der Waals surface area contributed by atoms with Crippen molar-refractivity contribution in [1.82, 2.24) is 36.4 Å². The molecule has 0 spiro atoms. The number of fused-ring (bicyclic) bond motifs is 2. The molecule has 2 saturated heterocycles. The average Bonchev–Trinajstić information content (AvgIpc) is 3.28. The van der Waals surface area contributed by atoms with Crippen molar-refractivity contribution in [3.05, 3.63) is 29.8 Å². The Labute approximate surface area is 404 Å². The predicted octanol–water partition coefficient (Wildman–Crippen LogP) is 1.11. The van der Waals surface area contributed by atoms with E-state index in [-0.39, 0.29) is 75.5 Å². The maximum Gasteiger partial charge on any atom is 0.328 e. The van der Waals surface area contributed by atoms with E-state index in [9.17, 15) is 58.5 Å². The van der Waals surface area contributed by atoms with Crippen LogP contribution in [-0.4, -0.2) is 147 Å². The maximum absolute atomic E-state index is 14.8. The number of carbonyl (C=O) groups excluding carboxylic acids is 8. The number of aliphatic carboxylic acids is 1. The number of ether oxygens (including phenoxy) is 1. The third-order valence-corrected chi connectivity index (χ3v) is 12.2. The molecule has 9 atom stereocenters. The summed E-state index contributed by atoms with van der Waals surface area (Å²) >= 11 is 0. The molecule has 2 heterocycles. The Kier molecular flexibility index (Phi) is 23.3. The zero-order chi connectivity index (χ0) is 51.5. The number of esters is 1. The molecule has 0 aliphatic carbocycles. The highest BCUT2D eigenvalue weighted by atomic mass is 16.5. The molecular formula is C48H76N8O13. The third kappa shape index (κ3) is 17.9. The number of aliphatic hydroxyl groups excluding tert-OH is 1. The largest absolute Gasteiger partial charge is 0.508 e. The fourth-order valence-electron chi connectivity index (χ4n) is 8.40. The number of nitrogens with two attached hydrogens (primary N) is 1. The minimum absolute atomic E-state index is 0.000649. The van der Waals surface area contributed by atoms with E-state index in [1.807, 2.05) is 20.8 Å². The van der Waals surface area contributed by atoms with Gasteiger partial charge in [-0.3, -0.25) is 38.4 Å². The van der Waals surface area contributed by atoms with Crippen LogP contribution in [0.3, 0.4) is 0 Å². The summed E-state index contributed by atoms with van der Waals surface area (Å²) in [5.41, 5.74) is 6.28. The molecule has 21 nitrogen and oxygen atoms in total. The van der Waals surface area contributed by atoms with Gasteiger partial charge < -0.3 is 62.2 Å². The zero-order valence-corrected chi connectivity index (χ0v) is 41.2. The first-order valence-corrected chi connectivity index (χ1v) is 24.3. The summed E-state index contributed by atoms with van der Waals surface area (Å²) < 4.78 is 5.89. The number of cyclic esters (lactones) is 1. The summed E-state index contributed by atoms with van der Waals surface area (Å²) in [5.74, 6) is -8.42. The summed E-state index contributed by atoms with van der Waals surface area (Å²) in [6.45, 7) is 10.7. The molecule has 3 rings (SSSR count). The van der Waals surface area contributed by atoms with Gasteiger partial charge in [0, 0.05) is 26.3 Å². The van der Waals surface area contributed by atoms with Gasteiger partial charge in [-0.2, -0.15) is 0 Å². The van der Waals surface area contributed by atoms with Crippen molar-refractivity contribution in [2.75, 3.05) is 13.6 Å². The number of amides is 7. The highest BCUT2D eigenvalue weighted by Crippen LogP contribution is 2.27. The van der Waals surface area contributed by atoms with Crippen LogP contribution in [0.25, 0.3) is 0 Å². The first kappa shape index (κ1) is 57.5. The second kappa shape index (κ2) is 28.0. The van der Waals surface area contributed by atoms with Crippen LogP contribution >= 0.6 is 0 Å². The number of nitrogens with zero attached hydrogens (tertiary/aromatic N) is 2. The van der Waals surface area contributed by atoms with E-state index in [2.05, 4.69) is 26.6 Å². The topological polar surface area (TPSA) is 316 Å². The van der Waals surface area contributed by atoms with E-state index in [1.54, 1.807) is 26.0 Å². The Morgan fingerprint density at radius 2 is 1.48 bits per heavy atom. The molecule has 2 fully saturated rings. The number of aromatic hydroxyl groups is 1. The number of nitrogens with one attached hydrogen (secondary N) is 5. The smallest absolute Gasteiger partial charge is 0.328 e. The van der Waals surface area contributed by atoms with Gasteiger partial charge in [0.25, 0.3) is 0 Å². The number of unbranched alkanes of at least 4 members (excludes halogenated alkanes) is 3. The standard InChI is InChI=1S/C48H76N8O13/c1-8-9-10-14-38(58)50-33(20-22-40(60)61)43(63)54-41-29(6)69-48(68)35(24-27(2)3)53-44(64)36(26-30-15-17-31(57)18-16-30)55(7)47(67)37(25-28(4)5)56-39(59)21-19-34(46(56)66)52-42(62)32(51-45(41)65)13-11-12-23-49/h15-18,27-29,32-37,39,41,57,59H,8-14,19-26,49H2,1-7H3,(H,50,58)(H,51,65)(H,52,62)(H,53,64)(H,54,63)(H,60,61). The number of phenolic OH excluding ortho intramolecular Hbond substituents is 1. The van der Waals surface area contributed by atoms with Crippen LogP contribution in [0, 0.1) is 11.8 Å². The highest BCUT2D eigenvalue weighted by molar-refractivity contribution is 5.98. The molecule has 1 aromatic rings. The van der Waals surface area contributed by atoms with Gasteiger partial charge in [0.2, 0.25) is 41.4 Å². The normalized spacial score (nSPS) is 24.9. The van der Waals surface area contributed by atoms with E-state index in [0.717, 1.165) is 22.6 Å². The SMILES string of the molecule is CCCCCC(=O)NC(CCC(=O)O)C(=O)NC1C(=O)NC(CCCCN)C(=O)NC2CCC(O)N(C2=O)C(CC(C)C)C(=O)N(C)C(Cc2ccc(O)cc2)C(=O)NC(CC(C)C)C(=O)OC1C. The van der Waals surface area contributed by atoms with Gasteiger partial charge in [-0.15, -0.1) is 0 Å². The van der Waals surface area contributed by atoms with Crippen molar-refractivity contribution < 1.29 is 63.2 Å². The summed E-state index contributed by atoms with van der Waals surface area (Å²) in [6.07, 6.45) is -1.23. The van der Waals surface area contributed by atoms with Gasteiger partial charge >= 0.3 is 11.9 Å². The van der Waals surface area contributed by atoms with Crippen molar-refractivity contribution in [1.29, 1.82) is 0 Å². The van der Waals surface area contributed by atoms with Crippen LogP contribution in [0.1, 0.15) is 131 Å². The number of hydrogen-bond acceptors (Lipinski definition) is 13. The maximum atomic E-state index is 14.8. The number of piperidine rings is 1. The molecule has 21 heteroatoms. The fraction of sp³-hybridized carbons (Fsp3) is 0.688. The first-order chi connectivity index (χ1) is 32.6. The summed E-state index contributed by atoms with van der Waals surface area (Å²) in [5, 5.41) is 44.1. The van der Waals surface area contributed by atoms with Crippen LogP contribution in [0.2, 0.25) is 0 Å². The molecule has 2 aliphatic rings. The monoisotopic (exact) mass is 973 g/mol. The van der Waals surface area contributed by atoms with Crippen LogP contribution < -0.4 is 32.3 Å². The zero-order valence-electron chi connectivity index (χ0n) is 41.2. The number of benzene rings is 1. The highest BCUT2D eigenvalue weighted by Gasteiger charge is 2.46. The Balaban J connectivity index is 2.23. The Hall–Kier alpha value is -5.83. The number of carboxylic acid groups (broad SMARTS) is 1. The molecule has 2 aliphatic heterocycles. The molecule has 69 heavy (non-hydrogen) atoms. The van der Waals surface area contributed by atoms with E-state index < -0.39 is 114 Å². The van der Waals surface area contributed by atoms with Crippen molar-refractivity contribution >= 4 is 53.3 Å². The van der Waals surface area contributed by atoms with Crippen molar-refractivity contribution in [3.8, 4) is 5.75 Å². The van der Waals surface area contributed by atoms with Gasteiger partial charge in [-0.25, -0.2) is 4.79 Å². The first-order valence-electron chi connectivity index (χ1n) is 24.3.